The summed E-state index contributed by atoms with van der Waals surface area (Å²) < 4.78 is 4.55. The lowest BCUT2D eigenvalue weighted by molar-refractivity contribution is -0.146. The van der Waals surface area contributed by atoms with Crippen LogP contribution in [0.5, 0.6) is 0 Å². The molecule has 0 saturated carbocycles. The minimum atomic E-state index is -0.705. The second kappa shape index (κ2) is 7.53. The largest absolute Gasteiger partial charge is 0.468 e. The number of methoxy groups -OCH3 is 1. The number of hydrogen-bond acceptors (Lipinski definition) is 4. The molecule has 82 valence electrons. The maximum absolute atomic E-state index is 11.2. The molecule has 0 aromatic carbocycles. The second-order valence-corrected chi connectivity index (χ2v) is 3.00. The van der Waals surface area contributed by atoms with E-state index in [0.29, 0.717) is 6.42 Å². The highest BCUT2D eigenvalue weighted by molar-refractivity contribution is 5.76. The van der Waals surface area contributed by atoms with Crippen molar-refractivity contribution in [2.45, 2.75) is 31.9 Å². The van der Waals surface area contributed by atoms with Gasteiger partial charge in [0.2, 0.25) is 0 Å². The molecule has 0 radical (unpaired) electrons. The van der Waals surface area contributed by atoms with Gasteiger partial charge in [0.25, 0.3) is 0 Å². The molecule has 0 aromatic heterocycles. The number of aliphatic hydroxyl groups excluding tert-OH is 1. The van der Waals surface area contributed by atoms with Crippen molar-refractivity contribution in [1.29, 1.82) is 0 Å². The molecule has 0 fully saturated rings. The molecule has 0 unspecified atom stereocenters. The second-order valence-electron chi connectivity index (χ2n) is 3.00. The molecular formula is C10H19NO3. The van der Waals surface area contributed by atoms with Crippen LogP contribution in [-0.4, -0.2) is 37.4 Å². The van der Waals surface area contributed by atoms with Crippen LogP contribution in [0.15, 0.2) is 12.2 Å². The standard InChI is InChI=1S/C10H19NO3/c1-4-5-6-7-8(12)9(11-2)10(13)14-3/h4-5,8-9,11-12H,6-7H2,1-3H3/b5-4+/t8-,9+/m1/s1. The molecule has 4 heteroatoms. The minimum Gasteiger partial charge on any atom is -0.468 e. The molecule has 0 amide bonds. The van der Waals surface area contributed by atoms with Gasteiger partial charge < -0.3 is 15.2 Å². The Balaban J connectivity index is 4.03. The number of likely N-dealkylation sites (N-methyl/N-ethyl adjacent to an activating group) is 1. The molecule has 0 rings (SSSR count). The molecule has 0 heterocycles. The van der Waals surface area contributed by atoms with Gasteiger partial charge in [-0.2, -0.15) is 0 Å². The van der Waals surface area contributed by atoms with E-state index in [2.05, 4.69) is 10.1 Å². The summed E-state index contributed by atoms with van der Waals surface area (Å²) in [6, 6.07) is -0.634. The molecule has 0 aliphatic carbocycles. The SMILES string of the molecule is C/C=C/CC[C@@H](O)[C@H](NC)C(=O)OC. The lowest BCUT2D eigenvalue weighted by Crippen LogP contribution is -2.44. The van der Waals surface area contributed by atoms with Crippen LogP contribution in [0.2, 0.25) is 0 Å². The predicted octanol–water partition coefficient (Wildman–Crippen LogP) is 0.465. The van der Waals surface area contributed by atoms with Crippen LogP contribution in [0, 0.1) is 0 Å². The fourth-order valence-electron chi connectivity index (χ4n) is 1.19. The van der Waals surface area contributed by atoms with E-state index >= 15 is 0 Å². The fraction of sp³-hybridized carbons (Fsp3) is 0.700. The molecule has 0 spiro atoms. The first-order chi connectivity index (χ1) is 6.67. The number of esters is 1. The number of carbonyl (C=O) groups is 1. The van der Waals surface area contributed by atoms with Gasteiger partial charge in [0.15, 0.2) is 0 Å². The third-order valence-electron chi connectivity index (χ3n) is 2.02. The molecule has 14 heavy (non-hydrogen) atoms. The van der Waals surface area contributed by atoms with Gasteiger partial charge in [0, 0.05) is 0 Å². The van der Waals surface area contributed by atoms with E-state index in [4.69, 9.17) is 0 Å². The average molecular weight is 201 g/mol. The summed E-state index contributed by atoms with van der Waals surface area (Å²) in [5, 5.41) is 12.4. The monoisotopic (exact) mass is 201 g/mol. The van der Waals surface area contributed by atoms with Crippen molar-refractivity contribution in [1.82, 2.24) is 5.32 Å². The van der Waals surface area contributed by atoms with Gasteiger partial charge in [-0.3, -0.25) is 4.79 Å². The number of hydrogen-bond donors (Lipinski definition) is 2. The van der Waals surface area contributed by atoms with Gasteiger partial charge >= 0.3 is 5.97 Å². The Kier molecular flexibility index (Phi) is 7.06. The van der Waals surface area contributed by atoms with Crippen LogP contribution in [0.3, 0.4) is 0 Å². The maximum Gasteiger partial charge on any atom is 0.325 e. The third-order valence-corrected chi connectivity index (χ3v) is 2.02. The Hall–Kier alpha value is -0.870. The number of ether oxygens (including phenoxy) is 1. The smallest absolute Gasteiger partial charge is 0.325 e. The summed E-state index contributed by atoms with van der Waals surface area (Å²) in [4.78, 5) is 11.2. The number of allylic oxidation sites excluding steroid dienone is 2. The molecule has 2 atom stereocenters. The average Bonchev–Trinajstić information content (AvgIpc) is 2.19. The van der Waals surface area contributed by atoms with Crippen molar-refractivity contribution in [3.05, 3.63) is 12.2 Å². The van der Waals surface area contributed by atoms with Gasteiger partial charge in [-0.1, -0.05) is 12.2 Å². The highest BCUT2D eigenvalue weighted by Gasteiger charge is 2.24. The molecular weight excluding hydrogens is 182 g/mol. The summed E-state index contributed by atoms with van der Waals surface area (Å²) in [5.74, 6) is -0.430. The Bertz CT molecular complexity index is 192. The first kappa shape index (κ1) is 13.1. The van der Waals surface area contributed by atoms with E-state index in [1.807, 2.05) is 19.1 Å². The van der Waals surface area contributed by atoms with E-state index in [1.165, 1.54) is 7.11 Å². The van der Waals surface area contributed by atoms with E-state index in [0.717, 1.165) is 6.42 Å². The van der Waals surface area contributed by atoms with Gasteiger partial charge in [0.1, 0.15) is 6.04 Å². The highest BCUT2D eigenvalue weighted by Crippen LogP contribution is 2.04. The normalized spacial score (nSPS) is 15.4. The Morgan fingerprint density at radius 3 is 2.71 bits per heavy atom. The zero-order chi connectivity index (χ0) is 11.0. The summed E-state index contributed by atoms with van der Waals surface area (Å²) in [6.45, 7) is 1.92. The zero-order valence-corrected chi connectivity index (χ0v) is 8.99. The molecule has 4 nitrogen and oxygen atoms in total. The Morgan fingerprint density at radius 2 is 2.29 bits per heavy atom. The van der Waals surface area contributed by atoms with E-state index in [1.54, 1.807) is 7.05 Å². The van der Waals surface area contributed by atoms with Crippen LogP contribution in [-0.2, 0) is 9.53 Å². The van der Waals surface area contributed by atoms with Gasteiger partial charge in [-0.05, 0) is 26.8 Å². The summed E-state index contributed by atoms with van der Waals surface area (Å²) in [6.07, 6.45) is 4.47. The Labute approximate surface area is 85.0 Å². The molecule has 0 aromatic rings. The fourth-order valence-corrected chi connectivity index (χ4v) is 1.19. The van der Waals surface area contributed by atoms with Crippen LogP contribution < -0.4 is 5.32 Å². The maximum atomic E-state index is 11.2. The van der Waals surface area contributed by atoms with E-state index in [9.17, 15) is 9.90 Å². The van der Waals surface area contributed by atoms with E-state index < -0.39 is 18.1 Å². The topological polar surface area (TPSA) is 58.6 Å². The van der Waals surface area contributed by atoms with Gasteiger partial charge in [-0.15, -0.1) is 0 Å². The number of aliphatic hydroxyl groups is 1. The van der Waals surface area contributed by atoms with Crippen molar-refractivity contribution in [3.8, 4) is 0 Å². The van der Waals surface area contributed by atoms with Crippen LogP contribution in [0.1, 0.15) is 19.8 Å². The minimum absolute atomic E-state index is 0.430. The highest BCUT2D eigenvalue weighted by atomic mass is 16.5. The lowest BCUT2D eigenvalue weighted by atomic mass is 10.1. The number of nitrogens with one attached hydrogen (secondary N) is 1. The lowest BCUT2D eigenvalue weighted by Gasteiger charge is -2.19. The first-order valence-corrected chi connectivity index (χ1v) is 4.71. The molecule has 0 bridgehead atoms. The third kappa shape index (κ3) is 4.39. The molecule has 2 N–H and O–H groups in total. The van der Waals surface area contributed by atoms with Crippen LogP contribution in [0.25, 0.3) is 0 Å². The molecule has 0 saturated heterocycles. The first-order valence-electron chi connectivity index (χ1n) is 4.71. The van der Waals surface area contributed by atoms with Crippen molar-refractivity contribution in [3.63, 3.8) is 0 Å². The predicted molar refractivity (Wildman–Crippen MR) is 54.9 cm³/mol. The van der Waals surface area contributed by atoms with Gasteiger partial charge in [0.05, 0.1) is 13.2 Å². The Morgan fingerprint density at radius 1 is 1.64 bits per heavy atom. The van der Waals surface area contributed by atoms with Crippen molar-refractivity contribution in [2.75, 3.05) is 14.2 Å². The zero-order valence-electron chi connectivity index (χ0n) is 8.99. The number of rotatable bonds is 6. The van der Waals surface area contributed by atoms with E-state index in [-0.39, 0.29) is 0 Å². The van der Waals surface area contributed by atoms with Crippen molar-refractivity contribution >= 4 is 5.97 Å². The summed E-state index contributed by atoms with van der Waals surface area (Å²) >= 11 is 0. The van der Waals surface area contributed by atoms with Crippen molar-refractivity contribution < 1.29 is 14.6 Å². The molecule has 0 aliphatic heterocycles. The summed E-state index contributed by atoms with van der Waals surface area (Å²) in [5.41, 5.74) is 0. The van der Waals surface area contributed by atoms with Crippen molar-refractivity contribution in [2.24, 2.45) is 0 Å². The van der Waals surface area contributed by atoms with Crippen LogP contribution >= 0.6 is 0 Å². The number of carbonyl (C=O) groups excluding carboxylic acids is 1. The van der Waals surface area contributed by atoms with Crippen LogP contribution in [0.4, 0.5) is 0 Å². The van der Waals surface area contributed by atoms with Gasteiger partial charge in [-0.25, -0.2) is 0 Å². The quantitative estimate of drug-likeness (QED) is 0.484. The molecule has 0 aliphatic rings. The summed E-state index contributed by atoms with van der Waals surface area (Å²) in [7, 11) is 2.94.